The van der Waals surface area contributed by atoms with E-state index in [0.717, 1.165) is 12.8 Å². The summed E-state index contributed by atoms with van der Waals surface area (Å²) in [5.41, 5.74) is 0. The van der Waals surface area contributed by atoms with Gasteiger partial charge in [-0.05, 0) is 6.42 Å². The molecule has 0 aromatic heterocycles. The Bertz CT molecular complexity index is 53.2. The molecule has 0 fully saturated rings. The summed E-state index contributed by atoms with van der Waals surface area (Å²) < 4.78 is 0. The number of rotatable bonds is 2. The lowest BCUT2D eigenvalue weighted by atomic mass is 10.4. The van der Waals surface area contributed by atoms with Crippen LogP contribution in [0.5, 0.6) is 0 Å². The van der Waals surface area contributed by atoms with E-state index in [1.54, 1.807) is 0 Å². The first-order valence-electron chi connectivity index (χ1n) is 2.92. The summed E-state index contributed by atoms with van der Waals surface area (Å²) in [5, 5.41) is 8.07. The lowest BCUT2D eigenvalue weighted by Crippen LogP contribution is -2.33. The quantitative estimate of drug-likeness (QED) is 0.314. The van der Waals surface area contributed by atoms with E-state index in [9.17, 15) is 0 Å². The van der Waals surface area contributed by atoms with Gasteiger partial charge in [-0.1, -0.05) is 13.3 Å². The third-order valence-corrected chi connectivity index (χ3v) is 0.512. The second-order valence-electron chi connectivity index (χ2n) is 1.68. The molecule has 0 radical (unpaired) electrons. The predicted octanol–water partition coefficient (Wildman–Crippen LogP) is -1.83. The van der Waals surface area contributed by atoms with Crippen LogP contribution in [0, 0.1) is 0 Å². The maximum atomic E-state index is 8.07. The van der Waals surface area contributed by atoms with Gasteiger partial charge in [0.05, 0.1) is 0 Å². The van der Waals surface area contributed by atoms with Crippen LogP contribution >= 0.6 is 0 Å². The van der Waals surface area contributed by atoms with Crippen LogP contribution in [-0.4, -0.2) is 39.9 Å². The molecule has 0 atom stereocenters. The van der Waals surface area contributed by atoms with Crippen molar-refractivity contribution in [3.8, 4) is 0 Å². The van der Waals surface area contributed by atoms with E-state index in [4.69, 9.17) is 24.3 Å². The summed E-state index contributed by atoms with van der Waals surface area (Å²) in [6.07, 6.45) is 2.04. The van der Waals surface area contributed by atoms with Crippen LogP contribution < -0.4 is 0 Å². The largest absolute Gasteiger partial charge is 0.668 e. The second kappa shape index (κ2) is 7.13. The fraction of sp³-hybridized carbons (Fsp3) is 1.00. The Hall–Kier alpha value is 0.0169. The van der Waals surface area contributed by atoms with Crippen LogP contribution in [0.4, 0.5) is 0 Å². The number of hydrogen-bond acceptors (Lipinski definition) is 5. The third-order valence-electron chi connectivity index (χ3n) is 0.512. The Kier molecular flexibility index (Phi) is 9.03. The first-order chi connectivity index (χ1) is 4.41. The molecule has 5 N–H and O–H groups in total. The van der Waals surface area contributed by atoms with Crippen LogP contribution in [0.1, 0.15) is 19.8 Å². The fourth-order valence-electron chi connectivity index (χ4n) is 0.158. The number of aliphatic hydroxyl groups excluding tert-OH is 1. The van der Waals surface area contributed by atoms with Crippen LogP contribution in [0.2, 0.25) is 0 Å². The van der Waals surface area contributed by atoms with Gasteiger partial charge < -0.3 is 24.3 Å². The zero-order valence-corrected chi connectivity index (χ0v) is 6.86. The summed E-state index contributed by atoms with van der Waals surface area (Å²) >= 11 is 0. The Morgan fingerprint density at radius 2 is 1.40 bits per heavy atom. The molecule has 0 aliphatic rings. The van der Waals surface area contributed by atoms with Crippen molar-refractivity contribution in [3.63, 3.8) is 0 Å². The molecule has 0 aliphatic carbocycles. The van der Waals surface area contributed by atoms with Crippen molar-refractivity contribution >= 4 is 9.05 Å². The summed E-state index contributed by atoms with van der Waals surface area (Å²) in [4.78, 5) is 29.3. The van der Waals surface area contributed by atoms with Crippen LogP contribution in [0.15, 0.2) is 0 Å². The standard InChI is InChI=1S/C4H10O.H4O4Si/c1-2-3-4-5;1-5(2,3)4/h5H,2-4H2,1H3;1-4H. The van der Waals surface area contributed by atoms with Crippen molar-refractivity contribution in [1.29, 1.82) is 0 Å². The number of aliphatic hydroxyl groups is 1. The number of hydrogen-bond donors (Lipinski definition) is 5. The molecule has 0 aliphatic heterocycles. The van der Waals surface area contributed by atoms with E-state index in [2.05, 4.69) is 6.92 Å². The minimum absolute atomic E-state index is 0.344. The molecule has 0 aromatic rings. The highest BCUT2D eigenvalue weighted by Crippen LogP contribution is 1.78. The van der Waals surface area contributed by atoms with Crippen molar-refractivity contribution in [3.05, 3.63) is 0 Å². The van der Waals surface area contributed by atoms with E-state index in [1.165, 1.54) is 0 Å². The highest BCUT2D eigenvalue weighted by atomic mass is 28.4. The highest BCUT2D eigenvalue weighted by molar-refractivity contribution is 6.46. The molecule has 0 heterocycles. The highest BCUT2D eigenvalue weighted by Gasteiger charge is 2.22. The molecule has 10 heavy (non-hydrogen) atoms. The summed E-state index contributed by atoms with van der Waals surface area (Å²) in [6, 6.07) is 0. The SMILES string of the molecule is CCCCO.O[Si](O)(O)O. The van der Waals surface area contributed by atoms with Gasteiger partial charge in [-0.25, -0.2) is 0 Å². The van der Waals surface area contributed by atoms with Crippen LogP contribution in [0.3, 0.4) is 0 Å². The molecular formula is C4H14O5Si. The van der Waals surface area contributed by atoms with Crippen LogP contribution in [-0.2, 0) is 0 Å². The van der Waals surface area contributed by atoms with Gasteiger partial charge in [0.15, 0.2) is 0 Å². The topological polar surface area (TPSA) is 101 Å². The molecule has 0 aromatic carbocycles. The molecule has 6 heteroatoms. The van der Waals surface area contributed by atoms with Gasteiger partial charge >= 0.3 is 9.05 Å². The Labute approximate surface area is 60.7 Å². The molecule has 5 nitrogen and oxygen atoms in total. The molecular weight excluding hydrogens is 156 g/mol. The van der Waals surface area contributed by atoms with E-state index in [0.29, 0.717) is 6.61 Å². The van der Waals surface area contributed by atoms with E-state index < -0.39 is 9.05 Å². The average Bonchev–Trinajstić information content (AvgIpc) is 1.63. The molecule has 0 rings (SSSR count). The van der Waals surface area contributed by atoms with Gasteiger partial charge in [0.1, 0.15) is 0 Å². The molecule has 0 saturated heterocycles. The summed E-state index contributed by atoms with van der Waals surface area (Å²) in [6.45, 7) is 2.40. The predicted molar refractivity (Wildman–Crippen MR) is 36.6 cm³/mol. The van der Waals surface area contributed by atoms with Gasteiger partial charge in [0.25, 0.3) is 0 Å². The first kappa shape index (κ1) is 12.7. The maximum absolute atomic E-state index is 8.07. The zero-order valence-electron chi connectivity index (χ0n) is 5.86. The summed E-state index contributed by atoms with van der Waals surface area (Å²) in [7, 11) is -4.61. The van der Waals surface area contributed by atoms with E-state index >= 15 is 0 Å². The minimum Gasteiger partial charge on any atom is -0.396 e. The molecule has 0 saturated carbocycles. The van der Waals surface area contributed by atoms with Crippen molar-refractivity contribution in [1.82, 2.24) is 0 Å². The molecule has 0 bridgehead atoms. The monoisotopic (exact) mass is 170 g/mol. The normalized spacial score (nSPS) is 10.2. The average molecular weight is 170 g/mol. The van der Waals surface area contributed by atoms with Crippen molar-refractivity contribution in [2.75, 3.05) is 6.61 Å². The zero-order chi connectivity index (χ0) is 8.62. The van der Waals surface area contributed by atoms with Crippen LogP contribution in [0.25, 0.3) is 0 Å². The van der Waals surface area contributed by atoms with Gasteiger partial charge in [0.2, 0.25) is 0 Å². The van der Waals surface area contributed by atoms with Crippen molar-refractivity contribution in [2.45, 2.75) is 19.8 Å². The Morgan fingerprint density at radius 1 is 1.10 bits per heavy atom. The number of unbranched alkanes of at least 4 members (excludes halogenated alkanes) is 1. The lowest BCUT2D eigenvalue weighted by molar-refractivity contribution is 0.117. The molecule has 0 amide bonds. The van der Waals surface area contributed by atoms with Gasteiger partial charge in [-0.3, -0.25) is 0 Å². The summed E-state index contributed by atoms with van der Waals surface area (Å²) in [5.74, 6) is 0. The lowest BCUT2D eigenvalue weighted by Gasteiger charge is -1.91. The van der Waals surface area contributed by atoms with Gasteiger partial charge in [0, 0.05) is 6.61 Å². The van der Waals surface area contributed by atoms with Gasteiger partial charge in [-0.15, -0.1) is 0 Å². The minimum atomic E-state index is -4.61. The first-order valence-corrected chi connectivity index (χ1v) is 4.71. The molecule has 64 valence electrons. The second-order valence-corrected chi connectivity index (χ2v) is 2.88. The van der Waals surface area contributed by atoms with E-state index in [1.807, 2.05) is 0 Å². The Morgan fingerprint density at radius 3 is 1.40 bits per heavy atom. The smallest absolute Gasteiger partial charge is 0.396 e. The van der Waals surface area contributed by atoms with Gasteiger partial charge in [-0.2, -0.15) is 0 Å². The maximum Gasteiger partial charge on any atom is 0.668 e. The fourth-order valence-corrected chi connectivity index (χ4v) is 0.158. The third kappa shape index (κ3) is 97.0. The molecule has 0 unspecified atom stereocenters. The van der Waals surface area contributed by atoms with E-state index in [-0.39, 0.29) is 0 Å². The van der Waals surface area contributed by atoms with Crippen molar-refractivity contribution < 1.29 is 24.3 Å². The molecule has 0 spiro atoms. The Balaban J connectivity index is 0. The van der Waals surface area contributed by atoms with Crippen molar-refractivity contribution in [2.24, 2.45) is 0 Å².